The highest BCUT2D eigenvalue weighted by Crippen LogP contribution is 2.22. The average molecular weight is 346 g/mol. The molecule has 1 heterocycles. The normalized spacial score (nSPS) is 11.0. The van der Waals surface area contributed by atoms with Crippen molar-refractivity contribution in [3.63, 3.8) is 0 Å². The highest BCUT2D eigenvalue weighted by atomic mass is 16.5. The van der Waals surface area contributed by atoms with E-state index < -0.39 is 0 Å². The summed E-state index contributed by atoms with van der Waals surface area (Å²) in [6.07, 6.45) is 0. The van der Waals surface area contributed by atoms with E-state index in [1.807, 2.05) is 59.2 Å². The maximum absolute atomic E-state index is 11.8. The number of ether oxygens (including phenoxy) is 2. The van der Waals surface area contributed by atoms with E-state index in [9.17, 15) is 4.79 Å². The summed E-state index contributed by atoms with van der Waals surface area (Å²) in [4.78, 5) is 16.4. The minimum atomic E-state index is -0.319. The van der Waals surface area contributed by atoms with Gasteiger partial charge in [0.2, 0.25) is 0 Å². The molecular weight excluding hydrogens is 328 g/mol. The van der Waals surface area contributed by atoms with Gasteiger partial charge in [-0.15, -0.1) is 0 Å². The average Bonchev–Trinajstić information content (AvgIpc) is 3.03. The zero-order chi connectivity index (χ0) is 17.9. The predicted molar refractivity (Wildman–Crippen MR) is 100 cm³/mol. The standard InChI is InChI=1S/C21H18N2O3/c1-25-21(24)13-23-19-9-5-4-8-18(19)22-20(23)14-26-17-11-10-15-6-2-3-7-16(15)12-17/h2-12H,13-14H2,1H3. The third kappa shape index (κ3) is 3.11. The molecule has 1 aromatic heterocycles. The molecule has 0 aliphatic carbocycles. The molecule has 3 aromatic carbocycles. The fourth-order valence-corrected chi connectivity index (χ4v) is 3.01. The van der Waals surface area contributed by atoms with E-state index in [0.717, 1.165) is 27.6 Å². The van der Waals surface area contributed by atoms with Gasteiger partial charge in [0.25, 0.3) is 0 Å². The molecule has 0 atom stereocenters. The van der Waals surface area contributed by atoms with Crippen LogP contribution >= 0.6 is 0 Å². The summed E-state index contributed by atoms with van der Waals surface area (Å²) in [7, 11) is 1.38. The van der Waals surface area contributed by atoms with E-state index in [1.165, 1.54) is 7.11 Å². The topological polar surface area (TPSA) is 53.4 Å². The molecule has 0 saturated heterocycles. The van der Waals surface area contributed by atoms with Crippen molar-refractivity contribution in [3.05, 3.63) is 72.6 Å². The van der Waals surface area contributed by atoms with Gasteiger partial charge in [-0.1, -0.05) is 42.5 Å². The molecule has 4 rings (SSSR count). The third-order valence-electron chi connectivity index (χ3n) is 4.34. The minimum absolute atomic E-state index is 0.105. The van der Waals surface area contributed by atoms with Gasteiger partial charge in [-0.05, 0) is 35.0 Å². The maximum Gasteiger partial charge on any atom is 0.325 e. The molecule has 0 unspecified atom stereocenters. The Labute approximate surface area is 150 Å². The Hall–Kier alpha value is -3.34. The first-order valence-corrected chi connectivity index (χ1v) is 8.37. The zero-order valence-electron chi connectivity index (χ0n) is 14.4. The van der Waals surface area contributed by atoms with Gasteiger partial charge in [0.05, 0.1) is 18.1 Å². The van der Waals surface area contributed by atoms with Crippen molar-refractivity contribution in [3.8, 4) is 5.75 Å². The Balaban J connectivity index is 1.63. The van der Waals surface area contributed by atoms with Crippen LogP contribution < -0.4 is 4.74 Å². The van der Waals surface area contributed by atoms with Gasteiger partial charge in [-0.2, -0.15) is 0 Å². The number of fused-ring (bicyclic) bond motifs is 2. The number of aromatic nitrogens is 2. The lowest BCUT2D eigenvalue weighted by Gasteiger charge is -2.10. The van der Waals surface area contributed by atoms with Gasteiger partial charge in [-0.25, -0.2) is 4.98 Å². The molecule has 0 saturated carbocycles. The molecule has 4 aromatic rings. The number of carbonyl (C=O) groups excluding carboxylic acids is 1. The lowest BCUT2D eigenvalue weighted by molar-refractivity contribution is -0.141. The van der Waals surface area contributed by atoms with E-state index in [0.29, 0.717) is 5.82 Å². The van der Waals surface area contributed by atoms with Crippen molar-refractivity contribution in [2.45, 2.75) is 13.2 Å². The molecular formula is C21H18N2O3. The molecule has 5 heteroatoms. The van der Waals surface area contributed by atoms with Crippen LogP contribution in [-0.2, 0) is 22.7 Å². The number of esters is 1. The van der Waals surface area contributed by atoms with E-state index in [4.69, 9.17) is 9.47 Å². The summed E-state index contributed by atoms with van der Waals surface area (Å²) >= 11 is 0. The van der Waals surface area contributed by atoms with Gasteiger partial charge in [-0.3, -0.25) is 4.79 Å². The number of rotatable bonds is 5. The summed E-state index contributed by atoms with van der Waals surface area (Å²) in [5, 5.41) is 2.28. The molecule has 0 radical (unpaired) electrons. The molecule has 0 bridgehead atoms. The Morgan fingerprint density at radius 3 is 2.62 bits per heavy atom. The lowest BCUT2D eigenvalue weighted by Crippen LogP contribution is -2.15. The van der Waals surface area contributed by atoms with Crippen molar-refractivity contribution in [1.82, 2.24) is 9.55 Å². The molecule has 0 aliphatic heterocycles. The highest BCUT2D eigenvalue weighted by Gasteiger charge is 2.14. The van der Waals surface area contributed by atoms with Gasteiger partial charge < -0.3 is 14.0 Å². The molecule has 130 valence electrons. The van der Waals surface area contributed by atoms with Gasteiger partial charge in [0.1, 0.15) is 24.7 Å². The van der Waals surface area contributed by atoms with Crippen LogP contribution in [0.1, 0.15) is 5.82 Å². The smallest absolute Gasteiger partial charge is 0.325 e. The number of nitrogens with zero attached hydrogens (tertiary/aromatic N) is 2. The molecule has 0 amide bonds. The summed E-state index contributed by atoms with van der Waals surface area (Å²) in [5.74, 6) is 1.13. The van der Waals surface area contributed by atoms with Crippen molar-refractivity contribution >= 4 is 27.8 Å². The largest absolute Gasteiger partial charge is 0.486 e. The summed E-state index contributed by atoms with van der Waals surface area (Å²) < 4.78 is 12.6. The first kappa shape index (κ1) is 16.1. The number of benzene rings is 3. The third-order valence-corrected chi connectivity index (χ3v) is 4.34. The van der Waals surface area contributed by atoms with Gasteiger partial charge in [0.15, 0.2) is 0 Å². The Kier molecular flexibility index (Phi) is 4.27. The van der Waals surface area contributed by atoms with E-state index in [1.54, 1.807) is 0 Å². The van der Waals surface area contributed by atoms with Crippen molar-refractivity contribution in [1.29, 1.82) is 0 Å². The molecule has 0 spiro atoms. The SMILES string of the molecule is COC(=O)Cn1c(COc2ccc3ccccc3c2)nc2ccccc21. The highest BCUT2D eigenvalue weighted by molar-refractivity contribution is 5.83. The minimum Gasteiger partial charge on any atom is -0.486 e. The van der Waals surface area contributed by atoms with Crippen LogP contribution in [0.3, 0.4) is 0 Å². The van der Waals surface area contributed by atoms with Crippen LogP contribution in [-0.4, -0.2) is 22.6 Å². The van der Waals surface area contributed by atoms with Crippen LogP contribution in [0.25, 0.3) is 21.8 Å². The van der Waals surface area contributed by atoms with Gasteiger partial charge >= 0.3 is 5.97 Å². The molecule has 0 aliphatic rings. The van der Waals surface area contributed by atoms with E-state index in [2.05, 4.69) is 17.1 Å². The van der Waals surface area contributed by atoms with Crippen molar-refractivity contribution in [2.24, 2.45) is 0 Å². The number of methoxy groups -OCH3 is 1. The van der Waals surface area contributed by atoms with E-state index in [-0.39, 0.29) is 19.1 Å². The van der Waals surface area contributed by atoms with Crippen LogP contribution in [0.4, 0.5) is 0 Å². The molecule has 26 heavy (non-hydrogen) atoms. The van der Waals surface area contributed by atoms with Crippen molar-refractivity contribution < 1.29 is 14.3 Å². The van der Waals surface area contributed by atoms with Crippen LogP contribution in [0.2, 0.25) is 0 Å². The van der Waals surface area contributed by atoms with Crippen LogP contribution in [0, 0.1) is 0 Å². The van der Waals surface area contributed by atoms with E-state index >= 15 is 0 Å². The molecule has 0 fully saturated rings. The fourth-order valence-electron chi connectivity index (χ4n) is 3.01. The lowest BCUT2D eigenvalue weighted by atomic mass is 10.1. The molecule has 5 nitrogen and oxygen atoms in total. The van der Waals surface area contributed by atoms with Crippen molar-refractivity contribution in [2.75, 3.05) is 7.11 Å². The second-order valence-electron chi connectivity index (χ2n) is 5.98. The number of hydrogen-bond donors (Lipinski definition) is 0. The summed E-state index contributed by atoms with van der Waals surface area (Å²) in [5.41, 5.74) is 1.71. The first-order valence-electron chi connectivity index (χ1n) is 8.37. The monoisotopic (exact) mass is 346 g/mol. The second kappa shape index (κ2) is 6.88. The Morgan fingerprint density at radius 1 is 1.00 bits per heavy atom. The fraction of sp³-hybridized carbons (Fsp3) is 0.143. The number of hydrogen-bond acceptors (Lipinski definition) is 4. The number of para-hydroxylation sites is 2. The molecule has 0 N–H and O–H groups in total. The van der Waals surface area contributed by atoms with Crippen LogP contribution in [0.15, 0.2) is 66.7 Å². The first-order chi connectivity index (χ1) is 12.7. The Morgan fingerprint density at radius 2 is 1.77 bits per heavy atom. The number of carbonyl (C=O) groups is 1. The predicted octanol–water partition coefficient (Wildman–Crippen LogP) is 3.94. The summed E-state index contributed by atoms with van der Waals surface area (Å²) in [6.45, 7) is 0.372. The number of imidazole rings is 1. The summed E-state index contributed by atoms with van der Waals surface area (Å²) in [6, 6.07) is 21.8. The zero-order valence-corrected chi connectivity index (χ0v) is 14.4. The maximum atomic E-state index is 11.8. The second-order valence-corrected chi connectivity index (χ2v) is 5.98. The Bertz CT molecular complexity index is 1080. The van der Waals surface area contributed by atoms with Gasteiger partial charge in [0, 0.05) is 0 Å². The quantitative estimate of drug-likeness (QED) is 0.514. The van der Waals surface area contributed by atoms with Crippen LogP contribution in [0.5, 0.6) is 5.75 Å².